The van der Waals surface area contributed by atoms with Gasteiger partial charge >= 0.3 is 0 Å². The molecule has 4 N–H and O–H groups in total. The minimum Gasteiger partial charge on any atom is -0.399 e. The molecule has 0 aliphatic rings. The summed E-state index contributed by atoms with van der Waals surface area (Å²) >= 11 is 0. The van der Waals surface area contributed by atoms with Gasteiger partial charge in [0.25, 0.3) is 0 Å². The summed E-state index contributed by atoms with van der Waals surface area (Å²) < 4.78 is 0. The van der Waals surface area contributed by atoms with Gasteiger partial charge in [0, 0.05) is 28.4 Å². The van der Waals surface area contributed by atoms with Gasteiger partial charge < -0.3 is 16.4 Å². The van der Waals surface area contributed by atoms with Crippen LogP contribution in [0.4, 0.5) is 28.4 Å². The van der Waals surface area contributed by atoms with Crippen LogP contribution in [0.3, 0.4) is 0 Å². The number of nitrogens with zero attached hydrogens (tertiary/aromatic N) is 1. The van der Waals surface area contributed by atoms with Crippen LogP contribution in [0.15, 0.2) is 140 Å². The highest BCUT2D eigenvalue weighted by molar-refractivity contribution is 5.78. The van der Waals surface area contributed by atoms with Crippen LogP contribution in [0.5, 0.6) is 0 Å². The molecule has 33 heavy (non-hydrogen) atoms. The second-order valence-electron chi connectivity index (χ2n) is 7.59. The molecule has 0 aliphatic carbocycles. The van der Waals surface area contributed by atoms with E-state index >= 15 is 0 Å². The number of rotatable bonds is 4. The van der Waals surface area contributed by atoms with Crippen LogP contribution in [0.2, 0.25) is 0 Å². The maximum Gasteiger partial charge on any atom is 0.0463 e. The van der Waals surface area contributed by atoms with E-state index in [9.17, 15) is 0 Å². The molecule has 0 saturated carbocycles. The Morgan fingerprint density at radius 1 is 0.333 bits per heavy atom. The summed E-state index contributed by atoms with van der Waals surface area (Å²) in [7, 11) is 0. The summed E-state index contributed by atoms with van der Waals surface area (Å²) in [4.78, 5) is 2.23. The molecular formula is C30H27N3. The van der Waals surface area contributed by atoms with E-state index in [4.69, 9.17) is 11.5 Å². The van der Waals surface area contributed by atoms with E-state index in [1.54, 1.807) is 0 Å². The zero-order chi connectivity index (χ0) is 22.9. The highest BCUT2D eigenvalue weighted by atomic mass is 15.1. The van der Waals surface area contributed by atoms with E-state index in [0.29, 0.717) is 0 Å². The number of para-hydroxylation sites is 2. The fraction of sp³-hybridized carbons (Fsp3) is 0. The van der Waals surface area contributed by atoms with Gasteiger partial charge in [-0.05, 0) is 71.8 Å². The molecule has 5 rings (SSSR count). The summed E-state index contributed by atoms with van der Waals surface area (Å²) in [5.74, 6) is 0. The fourth-order valence-corrected chi connectivity index (χ4v) is 3.53. The SMILES string of the molecule is Nc1ccc(N(c2ccccc2)c2ccc(-c3ccccc3)cc2)cc1.Nc1ccccc1. The lowest BCUT2D eigenvalue weighted by molar-refractivity contribution is 1.28. The van der Waals surface area contributed by atoms with E-state index in [2.05, 4.69) is 77.7 Å². The lowest BCUT2D eigenvalue weighted by Gasteiger charge is -2.25. The summed E-state index contributed by atoms with van der Waals surface area (Å²) in [6.07, 6.45) is 0. The Morgan fingerprint density at radius 3 is 1.18 bits per heavy atom. The maximum absolute atomic E-state index is 5.87. The number of nitrogens with two attached hydrogens (primary N) is 2. The normalized spacial score (nSPS) is 10.1. The second kappa shape index (κ2) is 10.7. The van der Waals surface area contributed by atoms with Crippen molar-refractivity contribution in [3.63, 3.8) is 0 Å². The number of nitrogen functional groups attached to an aromatic ring is 2. The highest BCUT2D eigenvalue weighted by Crippen LogP contribution is 2.35. The van der Waals surface area contributed by atoms with Gasteiger partial charge in [-0.2, -0.15) is 0 Å². The van der Waals surface area contributed by atoms with E-state index in [1.165, 1.54) is 11.1 Å². The molecule has 0 radical (unpaired) electrons. The molecule has 3 heteroatoms. The van der Waals surface area contributed by atoms with Gasteiger partial charge in [0.1, 0.15) is 0 Å². The lowest BCUT2D eigenvalue weighted by Crippen LogP contribution is -2.09. The van der Waals surface area contributed by atoms with Crippen LogP contribution in [0.25, 0.3) is 11.1 Å². The van der Waals surface area contributed by atoms with E-state index in [0.717, 1.165) is 28.4 Å². The Balaban J connectivity index is 0.000000318. The predicted molar refractivity (Wildman–Crippen MR) is 142 cm³/mol. The lowest BCUT2D eigenvalue weighted by atomic mass is 10.0. The Morgan fingerprint density at radius 2 is 0.697 bits per heavy atom. The summed E-state index contributed by atoms with van der Waals surface area (Å²) in [5, 5.41) is 0. The predicted octanol–water partition coefficient (Wildman–Crippen LogP) is 7.67. The third kappa shape index (κ3) is 5.81. The third-order valence-electron chi connectivity index (χ3n) is 5.20. The van der Waals surface area contributed by atoms with Crippen molar-refractivity contribution in [2.75, 3.05) is 16.4 Å². The molecule has 162 valence electrons. The van der Waals surface area contributed by atoms with Crippen LogP contribution in [-0.4, -0.2) is 0 Å². The summed E-state index contributed by atoms with van der Waals surface area (Å²) in [5.41, 5.74) is 18.6. The van der Waals surface area contributed by atoms with Gasteiger partial charge in [0.05, 0.1) is 0 Å². The van der Waals surface area contributed by atoms with Crippen molar-refractivity contribution in [2.45, 2.75) is 0 Å². The van der Waals surface area contributed by atoms with Crippen molar-refractivity contribution in [1.82, 2.24) is 0 Å². The maximum atomic E-state index is 5.87. The molecule has 0 heterocycles. The van der Waals surface area contributed by atoms with Crippen molar-refractivity contribution in [3.8, 4) is 11.1 Å². The van der Waals surface area contributed by atoms with Crippen LogP contribution in [0, 0.1) is 0 Å². The smallest absolute Gasteiger partial charge is 0.0463 e. The Labute approximate surface area is 195 Å². The molecule has 0 spiro atoms. The molecule has 0 fully saturated rings. The van der Waals surface area contributed by atoms with Crippen molar-refractivity contribution >= 4 is 28.4 Å². The summed E-state index contributed by atoms with van der Waals surface area (Å²) in [6.45, 7) is 0. The Hall–Kier alpha value is -4.50. The topological polar surface area (TPSA) is 55.3 Å². The van der Waals surface area contributed by atoms with Gasteiger partial charge in [0.2, 0.25) is 0 Å². The monoisotopic (exact) mass is 429 g/mol. The molecular weight excluding hydrogens is 402 g/mol. The minimum absolute atomic E-state index is 0.765. The van der Waals surface area contributed by atoms with Crippen LogP contribution < -0.4 is 16.4 Å². The van der Waals surface area contributed by atoms with Gasteiger partial charge in [-0.1, -0.05) is 78.9 Å². The van der Waals surface area contributed by atoms with Crippen LogP contribution >= 0.6 is 0 Å². The van der Waals surface area contributed by atoms with Crippen molar-refractivity contribution in [2.24, 2.45) is 0 Å². The zero-order valence-corrected chi connectivity index (χ0v) is 18.4. The van der Waals surface area contributed by atoms with E-state index in [1.807, 2.05) is 66.7 Å². The highest BCUT2D eigenvalue weighted by Gasteiger charge is 2.12. The van der Waals surface area contributed by atoms with Crippen molar-refractivity contribution < 1.29 is 0 Å². The van der Waals surface area contributed by atoms with Crippen molar-refractivity contribution in [3.05, 3.63) is 140 Å². The minimum atomic E-state index is 0.765. The standard InChI is InChI=1S/C24H20N2.C6H7N/c25-21-13-17-24(18-14-21)26(22-9-5-2-6-10-22)23-15-11-20(12-16-23)19-7-3-1-4-8-19;7-6-4-2-1-3-5-6/h1-18H,25H2;1-5H,7H2. The van der Waals surface area contributed by atoms with E-state index in [-0.39, 0.29) is 0 Å². The second-order valence-corrected chi connectivity index (χ2v) is 7.59. The fourth-order valence-electron chi connectivity index (χ4n) is 3.53. The third-order valence-corrected chi connectivity index (χ3v) is 5.20. The zero-order valence-electron chi connectivity index (χ0n) is 18.4. The molecule has 5 aromatic carbocycles. The Kier molecular flexibility index (Phi) is 7.04. The van der Waals surface area contributed by atoms with Crippen molar-refractivity contribution in [1.29, 1.82) is 0 Å². The first-order valence-corrected chi connectivity index (χ1v) is 10.9. The van der Waals surface area contributed by atoms with Gasteiger partial charge in [-0.3, -0.25) is 0 Å². The van der Waals surface area contributed by atoms with Crippen LogP contribution in [-0.2, 0) is 0 Å². The summed E-state index contributed by atoms with van der Waals surface area (Å²) in [6, 6.07) is 46.9. The number of anilines is 5. The van der Waals surface area contributed by atoms with Gasteiger partial charge in [-0.25, -0.2) is 0 Å². The first-order valence-electron chi connectivity index (χ1n) is 10.9. The molecule has 0 aromatic heterocycles. The molecule has 0 saturated heterocycles. The van der Waals surface area contributed by atoms with E-state index < -0.39 is 0 Å². The Bertz CT molecular complexity index is 1240. The van der Waals surface area contributed by atoms with Gasteiger partial charge in [-0.15, -0.1) is 0 Å². The molecule has 3 nitrogen and oxygen atoms in total. The number of benzene rings is 5. The number of hydrogen-bond donors (Lipinski definition) is 2. The molecule has 0 atom stereocenters. The average molecular weight is 430 g/mol. The van der Waals surface area contributed by atoms with Gasteiger partial charge in [0.15, 0.2) is 0 Å². The molecule has 0 unspecified atom stereocenters. The quantitative estimate of drug-likeness (QED) is 0.288. The van der Waals surface area contributed by atoms with Crippen LogP contribution in [0.1, 0.15) is 0 Å². The number of hydrogen-bond acceptors (Lipinski definition) is 3. The molecule has 0 amide bonds. The average Bonchev–Trinajstić information content (AvgIpc) is 2.88. The first-order chi connectivity index (χ1) is 16.2. The first kappa shape index (κ1) is 21.7. The molecule has 0 bridgehead atoms. The molecule has 5 aromatic rings. The molecule has 0 aliphatic heterocycles. The largest absolute Gasteiger partial charge is 0.399 e.